The summed E-state index contributed by atoms with van der Waals surface area (Å²) in [6.45, 7) is 1.88. The number of aryl methyl sites for hydroxylation is 1. The molecule has 2 aromatic carbocycles. The number of ether oxygens (including phenoxy) is 1. The van der Waals surface area contributed by atoms with Gasteiger partial charge in [0.2, 0.25) is 0 Å². The van der Waals surface area contributed by atoms with Gasteiger partial charge in [-0.3, -0.25) is 4.79 Å². The Kier molecular flexibility index (Phi) is 5.57. The third-order valence-electron chi connectivity index (χ3n) is 4.50. The van der Waals surface area contributed by atoms with E-state index in [4.69, 9.17) is 27.9 Å². The highest BCUT2D eigenvalue weighted by Gasteiger charge is 2.22. The SMILES string of the molecule is Cc1nn(Cc2ccccc2)c(Cl)c1C(=O)OCc1nc2cc(Cl)ccc2c(=O)[nH]1. The van der Waals surface area contributed by atoms with Gasteiger partial charge >= 0.3 is 5.97 Å². The molecule has 0 radical (unpaired) electrons. The molecule has 2 aromatic heterocycles. The number of esters is 1. The number of halogens is 2. The zero-order valence-electron chi connectivity index (χ0n) is 15.9. The van der Waals surface area contributed by atoms with E-state index < -0.39 is 5.97 Å². The molecule has 0 unspecified atom stereocenters. The highest BCUT2D eigenvalue weighted by Crippen LogP contribution is 2.22. The molecule has 0 bridgehead atoms. The van der Waals surface area contributed by atoms with Crippen LogP contribution in [0, 0.1) is 6.92 Å². The minimum absolute atomic E-state index is 0.179. The Labute approximate surface area is 181 Å². The van der Waals surface area contributed by atoms with Gasteiger partial charge < -0.3 is 9.72 Å². The first-order chi connectivity index (χ1) is 14.4. The number of rotatable bonds is 5. The van der Waals surface area contributed by atoms with E-state index in [2.05, 4.69) is 15.1 Å². The van der Waals surface area contributed by atoms with Crippen LogP contribution in [0.1, 0.15) is 27.4 Å². The van der Waals surface area contributed by atoms with Crippen molar-refractivity contribution in [1.29, 1.82) is 0 Å². The van der Waals surface area contributed by atoms with Gasteiger partial charge in [0, 0.05) is 5.02 Å². The Balaban J connectivity index is 1.53. The molecular weight excluding hydrogens is 427 g/mol. The number of carbonyl (C=O) groups excluding carboxylic acids is 1. The zero-order valence-corrected chi connectivity index (χ0v) is 17.4. The predicted molar refractivity (Wildman–Crippen MR) is 114 cm³/mol. The van der Waals surface area contributed by atoms with Gasteiger partial charge in [-0.1, -0.05) is 53.5 Å². The van der Waals surface area contributed by atoms with Crippen molar-refractivity contribution in [2.24, 2.45) is 0 Å². The molecule has 7 nitrogen and oxygen atoms in total. The summed E-state index contributed by atoms with van der Waals surface area (Å²) in [7, 11) is 0. The molecule has 0 fully saturated rings. The van der Waals surface area contributed by atoms with E-state index in [0.29, 0.717) is 28.2 Å². The monoisotopic (exact) mass is 442 g/mol. The second-order valence-electron chi connectivity index (χ2n) is 6.64. The second kappa shape index (κ2) is 8.30. The molecule has 9 heteroatoms. The van der Waals surface area contributed by atoms with E-state index in [9.17, 15) is 9.59 Å². The summed E-state index contributed by atoms with van der Waals surface area (Å²) < 4.78 is 6.87. The first-order valence-electron chi connectivity index (χ1n) is 9.05. The van der Waals surface area contributed by atoms with Crippen molar-refractivity contribution in [3.05, 3.63) is 91.7 Å². The number of carbonyl (C=O) groups is 1. The Bertz CT molecular complexity index is 1300. The molecule has 0 saturated heterocycles. The molecule has 0 saturated carbocycles. The van der Waals surface area contributed by atoms with Gasteiger partial charge in [-0.05, 0) is 30.7 Å². The third kappa shape index (κ3) is 4.08. The van der Waals surface area contributed by atoms with Crippen molar-refractivity contribution in [3.8, 4) is 0 Å². The minimum Gasteiger partial charge on any atom is -0.454 e. The van der Waals surface area contributed by atoms with Crippen LogP contribution in [0.25, 0.3) is 10.9 Å². The maximum absolute atomic E-state index is 12.6. The predicted octanol–water partition coefficient (Wildman–Crippen LogP) is 4.14. The highest BCUT2D eigenvalue weighted by atomic mass is 35.5. The molecule has 1 N–H and O–H groups in total. The summed E-state index contributed by atoms with van der Waals surface area (Å²) in [4.78, 5) is 31.7. The molecule has 0 aliphatic heterocycles. The summed E-state index contributed by atoms with van der Waals surface area (Å²) in [6.07, 6.45) is 0. The van der Waals surface area contributed by atoms with Gasteiger partial charge in [-0.25, -0.2) is 14.5 Å². The Morgan fingerprint density at radius 1 is 1.17 bits per heavy atom. The third-order valence-corrected chi connectivity index (χ3v) is 5.12. The van der Waals surface area contributed by atoms with Crippen LogP contribution in [0.4, 0.5) is 0 Å². The molecule has 0 aliphatic carbocycles. The standard InChI is InChI=1S/C21H16Cl2N4O3/c1-12-18(19(23)27(26-12)10-13-5-3-2-4-6-13)21(29)30-11-17-24-16-9-14(22)7-8-15(16)20(28)25-17/h2-9H,10-11H2,1H3,(H,24,25,28). The average Bonchev–Trinajstić information content (AvgIpc) is 2.99. The van der Waals surface area contributed by atoms with Gasteiger partial charge in [0.15, 0.2) is 0 Å². The van der Waals surface area contributed by atoms with Gasteiger partial charge in [0.25, 0.3) is 5.56 Å². The van der Waals surface area contributed by atoms with Gasteiger partial charge in [-0.2, -0.15) is 5.10 Å². The number of aromatic nitrogens is 4. The lowest BCUT2D eigenvalue weighted by Crippen LogP contribution is -2.15. The molecule has 4 aromatic rings. The number of benzene rings is 2. The normalized spacial score (nSPS) is 11.0. The van der Waals surface area contributed by atoms with Crippen LogP contribution in [0.15, 0.2) is 53.3 Å². The van der Waals surface area contributed by atoms with Crippen LogP contribution in [0.2, 0.25) is 10.2 Å². The van der Waals surface area contributed by atoms with Crippen LogP contribution in [-0.4, -0.2) is 25.7 Å². The van der Waals surface area contributed by atoms with Crippen molar-refractivity contribution in [2.45, 2.75) is 20.1 Å². The van der Waals surface area contributed by atoms with Crippen molar-refractivity contribution >= 4 is 40.1 Å². The lowest BCUT2D eigenvalue weighted by atomic mass is 10.2. The molecular formula is C21H16Cl2N4O3. The first kappa shape index (κ1) is 20.1. The lowest BCUT2D eigenvalue weighted by molar-refractivity contribution is 0.0461. The van der Waals surface area contributed by atoms with Gasteiger partial charge in [0.1, 0.15) is 23.1 Å². The van der Waals surface area contributed by atoms with Crippen LogP contribution in [0.5, 0.6) is 0 Å². The van der Waals surface area contributed by atoms with Gasteiger partial charge in [-0.15, -0.1) is 0 Å². The molecule has 152 valence electrons. The summed E-state index contributed by atoms with van der Waals surface area (Å²) in [5.74, 6) is -0.445. The Morgan fingerprint density at radius 2 is 1.93 bits per heavy atom. The minimum atomic E-state index is -0.648. The summed E-state index contributed by atoms with van der Waals surface area (Å²) in [5.41, 5.74) is 1.71. The summed E-state index contributed by atoms with van der Waals surface area (Å²) in [6, 6.07) is 14.4. The largest absolute Gasteiger partial charge is 0.454 e. The maximum atomic E-state index is 12.6. The number of H-pyrrole nitrogens is 1. The van der Waals surface area contributed by atoms with E-state index in [-0.39, 0.29) is 28.7 Å². The molecule has 0 amide bonds. The van der Waals surface area contributed by atoms with E-state index in [1.807, 2.05) is 30.3 Å². The molecule has 4 rings (SSSR count). The van der Waals surface area contributed by atoms with Crippen LogP contribution < -0.4 is 5.56 Å². The molecule has 30 heavy (non-hydrogen) atoms. The number of aromatic amines is 1. The number of nitrogens with one attached hydrogen (secondary N) is 1. The van der Waals surface area contributed by atoms with Crippen LogP contribution >= 0.6 is 23.2 Å². The Morgan fingerprint density at radius 3 is 2.70 bits per heavy atom. The zero-order chi connectivity index (χ0) is 21.3. The maximum Gasteiger partial charge on any atom is 0.343 e. The van der Waals surface area contributed by atoms with Gasteiger partial charge in [0.05, 0.1) is 23.1 Å². The topological polar surface area (TPSA) is 89.9 Å². The summed E-state index contributed by atoms with van der Waals surface area (Å²) in [5, 5.41) is 5.38. The van der Waals surface area contributed by atoms with Crippen molar-refractivity contribution < 1.29 is 9.53 Å². The smallest absolute Gasteiger partial charge is 0.343 e. The Hall–Kier alpha value is -3.16. The van der Waals surface area contributed by atoms with Crippen molar-refractivity contribution in [1.82, 2.24) is 19.7 Å². The highest BCUT2D eigenvalue weighted by molar-refractivity contribution is 6.32. The van der Waals surface area contributed by atoms with Crippen molar-refractivity contribution in [3.63, 3.8) is 0 Å². The fraction of sp³-hybridized carbons (Fsp3) is 0.143. The molecule has 0 aliphatic rings. The molecule has 2 heterocycles. The van der Waals surface area contributed by atoms with E-state index >= 15 is 0 Å². The van der Waals surface area contributed by atoms with Crippen LogP contribution in [0.3, 0.4) is 0 Å². The second-order valence-corrected chi connectivity index (χ2v) is 7.44. The number of nitrogens with zero attached hydrogens (tertiary/aromatic N) is 3. The fourth-order valence-corrected chi connectivity index (χ4v) is 3.56. The quantitative estimate of drug-likeness (QED) is 0.469. The van der Waals surface area contributed by atoms with Crippen molar-refractivity contribution in [2.75, 3.05) is 0 Å². The fourth-order valence-electron chi connectivity index (χ4n) is 3.08. The number of hydrogen-bond acceptors (Lipinski definition) is 5. The number of hydrogen-bond donors (Lipinski definition) is 1. The van der Waals surface area contributed by atoms with E-state index in [1.165, 1.54) is 0 Å². The number of fused-ring (bicyclic) bond motifs is 1. The summed E-state index contributed by atoms with van der Waals surface area (Å²) >= 11 is 12.4. The molecule has 0 spiro atoms. The molecule has 0 atom stereocenters. The first-order valence-corrected chi connectivity index (χ1v) is 9.80. The van der Waals surface area contributed by atoms with Crippen LogP contribution in [-0.2, 0) is 17.9 Å². The van der Waals surface area contributed by atoms with E-state index in [0.717, 1.165) is 5.56 Å². The van der Waals surface area contributed by atoms with E-state index in [1.54, 1.807) is 29.8 Å². The average molecular weight is 443 g/mol. The lowest BCUT2D eigenvalue weighted by Gasteiger charge is -2.06.